The normalized spacial score (nSPS) is 25.1. The van der Waals surface area contributed by atoms with Gasteiger partial charge in [0.15, 0.2) is 0 Å². The molecule has 1 fully saturated rings. The predicted molar refractivity (Wildman–Crippen MR) is 86.1 cm³/mol. The molecule has 2 aliphatic heterocycles. The molecule has 20 heavy (non-hydrogen) atoms. The molecule has 1 saturated carbocycles. The summed E-state index contributed by atoms with van der Waals surface area (Å²) in [7, 11) is 0. The molecule has 0 saturated heterocycles. The highest BCUT2D eigenvalue weighted by Gasteiger charge is 2.33. The van der Waals surface area contributed by atoms with Crippen molar-refractivity contribution in [2.24, 2.45) is 10.9 Å². The van der Waals surface area contributed by atoms with Gasteiger partial charge >= 0.3 is 0 Å². The number of nitrogens with one attached hydrogen (secondary N) is 1. The molecule has 1 unspecified atom stereocenters. The van der Waals surface area contributed by atoms with E-state index < -0.39 is 0 Å². The van der Waals surface area contributed by atoms with E-state index in [0.29, 0.717) is 5.25 Å². The maximum Gasteiger partial charge on any atom is 0.112 e. The summed E-state index contributed by atoms with van der Waals surface area (Å²) in [6.45, 7) is 6.46. The number of fused-ring (bicyclic) bond motifs is 1. The van der Waals surface area contributed by atoms with Crippen LogP contribution in [0, 0.1) is 12.8 Å². The fourth-order valence-electron chi connectivity index (χ4n) is 3.02. The van der Waals surface area contributed by atoms with Gasteiger partial charge in [-0.1, -0.05) is 6.07 Å². The minimum atomic E-state index is 0.478. The van der Waals surface area contributed by atoms with Crippen molar-refractivity contribution in [2.45, 2.75) is 29.9 Å². The highest BCUT2D eigenvalue weighted by Crippen LogP contribution is 2.41. The Morgan fingerprint density at radius 3 is 3.05 bits per heavy atom. The van der Waals surface area contributed by atoms with Crippen molar-refractivity contribution in [3.63, 3.8) is 0 Å². The average molecular weight is 287 g/mol. The molecule has 0 radical (unpaired) electrons. The lowest BCUT2D eigenvalue weighted by Crippen LogP contribution is -2.43. The predicted octanol–water partition coefficient (Wildman–Crippen LogP) is 2.69. The van der Waals surface area contributed by atoms with Crippen LogP contribution in [0.4, 0.5) is 5.69 Å². The zero-order valence-corrected chi connectivity index (χ0v) is 12.7. The lowest BCUT2D eigenvalue weighted by molar-refractivity contribution is 0.717. The Labute approximate surface area is 124 Å². The number of anilines is 1. The van der Waals surface area contributed by atoms with Crippen LogP contribution >= 0.6 is 11.8 Å². The minimum absolute atomic E-state index is 0.478. The lowest BCUT2D eigenvalue weighted by Gasteiger charge is -2.36. The Morgan fingerprint density at radius 2 is 2.30 bits per heavy atom. The van der Waals surface area contributed by atoms with Gasteiger partial charge in [-0.3, -0.25) is 4.99 Å². The first-order valence-electron chi connectivity index (χ1n) is 7.60. The number of hydrogen-bond acceptors (Lipinski definition) is 4. The largest absolute Gasteiger partial charge is 0.371 e. The second-order valence-corrected chi connectivity index (χ2v) is 7.36. The first-order chi connectivity index (χ1) is 9.79. The number of amidine groups is 1. The van der Waals surface area contributed by atoms with E-state index in [0.717, 1.165) is 25.6 Å². The van der Waals surface area contributed by atoms with Crippen LogP contribution in [0.25, 0.3) is 0 Å². The van der Waals surface area contributed by atoms with E-state index in [-0.39, 0.29) is 0 Å². The number of rotatable bonds is 3. The maximum absolute atomic E-state index is 4.64. The molecule has 3 aliphatic rings. The van der Waals surface area contributed by atoms with Gasteiger partial charge in [0.2, 0.25) is 0 Å². The molecule has 0 aromatic heterocycles. The van der Waals surface area contributed by atoms with E-state index in [2.05, 4.69) is 40.3 Å². The molecule has 4 rings (SSSR count). The molecule has 1 N–H and O–H groups in total. The molecule has 0 amide bonds. The standard InChI is InChI=1S/C16H21N3S/c1-11-2-5-14-13(8-11)19(9-12-3-4-12)10-15(20-14)16-17-6-7-18-16/h2,5,8,12,15H,3-4,6-7,9-10H2,1H3,(H,17,18). The molecule has 1 aromatic carbocycles. The molecule has 3 nitrogen and oxygen atoms in total. The molecule has 1 atom stereocenters. The van der Waals surface area contributed by atoms with Gasteiger partial charge in [0.25, 0.3) is 0 Å². The van der Waals surface area contributed by atoms with E-state index in [1.807, 2.05) is 11.8 Å². The zero-order chi connectivity index (χ0) is 13.5. The second kappa shape index (κ2) is 4.99. The van der Waals surface area contributed by atoms with Crippen LogP contribution in [0.3, 0.4) is 0 Å². The summed E-state index contributed by atoms with van der Waals surface area (Å²) in [5, 5.41) is 3.94. The zero-order valence-electron chi connectivity index (χ0n) is 11.9. The van der Waals surface area contributed by atoms with Crippen molar-refractivity contribution in [3.05, 3.63) is 23.8 Å². The highest BCUT2D eigenvalue weighted by atomic mass is 32.2. The van der Waals surface area contributed by atoms with Gasteiger partial charge in [0.05, 0.1) is 17.5 Å². The number of thioether (sulfide) groups is 1. The van der Waals surface area contributed by atoms with Crippen molar-refractivity contribution < 1.29 is 0 Å². The lowest BCUT2D eigenvalue weighted by atomic mass is 10.1. The van der Waals surface area contributed by atoms with E-state index >= 15 is 0 Å². The minimum Gasteiger partial charge on any atom is -0.371 e. The molecule has 0 spiro atoms. The SMILES string of the molecule is Cc1ccc2c(c1)N(CC1CC1)CC(C1=NCCN1)S2. The van der Waals surface area contributed by atoms with Crippen molar-refractivity contribution >= 4 is 23.3 Å². The molecule has 2 heterocycles. The highest BCUT2D eigenvalue weighted by molar-refractivity contribution is 8.01. The Kier molecular flexibility index (Phi) is 3.14. The molecule has 1 aliphatic carbocycles. The van der Waals surface area contributed by atoms with Crippen molar-refractivity contribution in [2.75, 3.05) is 31.1 Å². The summed E-state index contributed by atoms with van der Waals surface area (Å²) < 4.78 is 0. The number of aliphatic imine (C=N–C) groups is 1. The average Bonchev–Trinajstić information content (AvgIpc) is 3.09. The Balaban J connectivity index is 1.64. The smallest absolute Gasteiger partial charge is 0.112 e. The molecular weight excluding hydrogens is 266 g/mol. The second-order valence-electron chi connectivity index (χ2n) is 6.12. The number of aryl methyl sites for hydroxylation is 1. The van der Waals surface area contributed by atoms with Crippen LogP contribution in [-0.4, -0.2) is 37.3 Å². The quantitative estimate of drug-likeness (QED) is 0.926. The summed E-state index contributed by atoms with van der Waals surface area (Å²) in [5.41, 5.74) is 2.80. The third kappa shape index (κ3) is 2.41. The number of nitrogens with zero attached hydrogens (tertiary/aromatic N) is 2. The van der Waals surface area contributed by atoms with Crippen molar-refractivity contribution in [3.8, 4) is 0 Å². The van der Waals surface area contributed by atoms with Gasteiger partial charge < -0.3 is 10.2 Å². The molecule has 1 aromatic rings. The van der Waals surface area contributed by atoms with E-state index in [1.165, 1.54) is 41.4 Å². The maximum atomic E-state index is 4.64. The van der Waals surface area contributed by atoms with Gasteiger partial charge in [-0.2, -0.15) is 0 Å². The van der Waals surface area contributed by atoms with Gasteiger partial charge in [-0.05, 0) is 43.4 Å². The number of hydrogen-bond donors (Lipinski definition) is 1. The van der Waals surface area contributed by atoms with Crippen LogP contribution in [0.15, 0.2) is 28.1 Å². The third-order valence-corrected chi connectivity index (χ3v) is 5.55. The van der Waals surface area contributed by atoms with E-state index in [1.54, 1.807) is 0 Å². The third-order valence-electron chi connectivity index (χ3n) is 4.29. The first-order valence-corrected chi connectivity index (χ1v) is 8.48. The van der Waals surface area contributed by atoms with Crippen LogP contribution in [0.5, 0.6) is 0 Å². The first kappa shape index (κ1) is 12.6. The van der Waals surface area contributed by atoms with E-state index in [9.17, 15) is 0 Å². The van der Waals surface area contributed by atoms with E-state index in [4.69, 9.17) is 0 Å². The van der Waals surface area contributed by atoms with Gasteiger partial charge in [-0.25, -0.2) is 0 Å². The summed E-state index contributed by atoms with van der Waals surface area (Å²) in [4.78, 5) is 8.66. The van der Waals surface area contributed by atoms with Crippen LogP contribution < -0.4 is 10.2 Å². The van der Waals surface area contributed by atoms with Gasteiger partial charge in [0, 0.05) is 24.5 Å². The van der Waals surface area contributed by atoms with Crippen LogP contribution in [0.2, 0.25) is 0 Å². The monoisotopic (exact) mass is 287 g/mol. The summed E-state index contributed by atoms with van der Waals surface area (Å²) in [6.07, 6.45) is 2.82. The van der Waals surface area contributed by atoms with Gasteiger partial charge in [-0.15, -0.1) is 11.8 Å². The topological polar surface area (TPSA) is 27.6 Å². The summed E-state index contributed by atoms with van der Waals surface area (Å²) in [6, 6.07) is 6.87. The van der Waals surface area contributed by atoms with Crippen molar-refractivity contribution in [1.29, 1.82) is 0 Å². The van der Waals surface area contributed by atoms with Crippen LogP contribution in [0.1, 0.15) is 18.4 Å². The fraction of sp³-hybridized carbons (Fsp3) is 0.562. The van der Waals surface area contributed by atoms with Crippen molar-refractivity contribution in [1.82, 2.24) is 5.32 Å². The molecule has 106 valence electrons. The fourth-order valence-corrected chi connectivity index (χ4v) is 4.31. The summed E-state index contributed by atoms with van der Waals surface area (Å²) in [5.74, 6) is 2.13. The Morgan fingerprint density at radius 1 is 1.40 bits per heavy atom. The summed E-state index contributed by atoms with van der Waals surface area (Å²) >= 11 is 1.98. The molecule has 0 bridgehead atoms. The number of benzene rings is 1. The Bertz CT molecular complexity index is 551. The van der Waals surface area contributed by atoms with Crippen LogP contribution in [-0.2, 0) is 0 Å². The molecular formula is C16H21N3S. The molecule has 4 heteroatoms. The van der Waals surface area contributed by atoms with Gasteiger partial charge in [0.1, 0.15) is 5.84 Å². The Hall–Kier alpha value is -1.16.